The summed E-state index contributed by atoms with van der Waals surface area (Å²) in [7, 11) is -11.9. The van der Waals surface area contributed by atoms with Gasteiger partial charge in [0.1, 0.15) is 0 Å². The molecule has 0 aliphatic carbocycles. The third kappa shape index (κ3) is 6.22. The lowest BCUT2D eigenvalue weighted by Crippen LogP contribution is -2.56. The van der Waals surface area contributed by atoms with E-state index in [0.717, 1.165) is 4.31 Å². The second-order valence-corrected chi connectivity index (χ2v) is 14.4. The van der Waals surface area contributed by atoms with Crippen molar-refractivity contribution in [3.8, 4) is 0 Å². The van der Waals surface area contributed by atoms with Crippen molar-refractivity contribution in [2.24, 2.45) is 17.6 Å². The summed E-state index contributed by atoms with van der Waals surface area (Å²) in [6, 6.07) is 2.74. The Morgan fingerprint density at radius 3 is 2.30 bits per heavy atom. The molecule has 3 rings (SSSR count). The van der Waals surface area contributed by atoms with Crippen molar-refractivity contribution in [3.63, 3.8) is 0 Å². The Morgan fingerprint density at radius 2 is 1.73 bits per heavy atom. The van der Waals surface area contributed by atoms with Gasteiger partial charge < -0.3 is 5.73 Å². The molecule has 2 aliphatic heterocycles. The first kappa shape index (κ1) is 26.3. The van der Waals surface area contributed by atoms with Gasteiger partial charge in [-0.1, -0.05) is 0 Å². The minimum Gasteiger partial charge on any atom is -0.326 e. The topological polar surface area (TPSA) is 148 Å². The zero-order valence-corrected chi connectivity index (χ0v) is 19.9. The maximum absolute atomic E-state index is 13.6. The maximum Gasteiger partial charge on any atom is 0.393 e. The fourth-order valence-corrected chi connectivity index (χ4v) is 8.69. The van der Waals surface area contributed by atoms with Crippen LogP contribution in [0.15, 0.2) is 23.4 Å². The van der Waals surface area contributed by atoms with Gasteiger partial charge in [-0.2, -0.15) is 30.2 Å². The molecule has 2 fully saturated rings. The molecule has 0 spiro atoms. The summed E-state index contributed by atoms with van der Waals surface area (Å²) in [5.74, 6) is -4.77. The molecule has 2 N–H and O–H groups in total. The van der Waals surface area contributed by atoms with Crippen LogP contribution in [0.5, 0.6) is 0 Å². The number of halogens is 3. The molecule has 1 aromatic heterocycles. The lowest BCUT2D eigenvalue weighted by Gasteiger charge is -2.40. The van der Waals surface area contributed by atoms with Gasteiger partial charge in [-0.3, -0.25) is 0 Å². The molecule has 0 aromatic carbocycles. The summed E-state index contributed by atoms with van der Waals surface area (Å²) in [5, 5.41) is -0.338. The lowest BCUT2D eigenvalue weighted by molar-refractivity contribution is -0.186. The monoisotopic (exact) mass is 534 g/mol. The SMILES string of the molecule is NCc1ccnc(S(=O)(=O)C[C@H]2C[C@@H](C(F)(F)F)CN(S(=O)(=O)N3CCS(=O)(=O)CC3)C2)c1. The van der Waals surface area contributed by atoms with Gasteiger partial charge in [0, 0.05) is 38.9 Å². The van der Waals surface area contributed by atoms with Gasteiger partial charge in [0.2, 0.25) is 0 Å². The van der Waals surface area contributed by atoms with E-state index in [1.54, 1.807) is 0 Å². The van der Waals surface area contributed by atoms with Crippen LogP contribution in [0.4, 0.5) is 13.2 Å². The molecule has 0 saturated carbocycles. The summed E-state index contributed by atoms with van der Waals surface area (Å²) in [5.41, 5.74) is 5.98. The molecule has 10 nitrogen and oxygen atoms in total. The normalized spacial score (nSPS) is 25.7. The number of rotatable bonds is 6. The van der Waals surface area contributed by atoms with E-state index in [9.17, 15) is 38.4 Å². The van der Waals surface area contributed by atoms with Crippen molar-refractivity contribution < 1.29 is 38.4 Å². The first-order valence-electron chi connectivity index (χ1n) is 10.0. The summed E-state index contributed by atoms with van der Waals surface area (Å²) in [4.78, 5) is 3.78. The third-order valence-corrected chi connectivity index (χ3v) is 11.1. The maximum atomic E-state index is 13.6. The number of hydrogen-bond acceptors (Lipinski definition) is 8. The van der Waals surface area contributed by atoms with Gasteiger partial charge in [-0.25, -0.2) is 21.8 Å². The number of piperidine rings is 1. The van der Waals surface area contributed by atoms with E-state index in [1.807, 2.05) is 0 Å². The van der Waals surface area contributed by atoms with Crippen LogP contribution in [0.1, 0.15) is 12.0 Å². The van der Waals surface area contributed by atoms with E-state index < -0.39 is 84.7 Å². The van der Waals surface area contributed by atoms with Gasteiger partial charge in [0.05, 0.1) is 23.2 Å². The Balaban J connectivity index is 1.85. The predicted octanol–water partition coefficient (Wildman–Crippen LogP) is -0.210. The first-order valence-corrected chi connectivity index (χ1v) is 14.9. The Hall–Kier alpha value is -1.33. The molecule has 16 heteroatoms. The number of pyridine rings is 1. The molecule has 1 aromatic rings. The average molecular weight is 535 g/mol. The van der Waals surface area contributed by atoms with Crippen LogP contribution in [-0.2, 0) is 36.4 Å². The molecule has 2 saturated heterocycles. The van der Waals surface area contributed by atoms with E-state index in [0.29, 0.717) is 9.87 Å². The van der Waals surface area contributed by atoms with E-state index in [1.165, 1.54) is 18.3 Å². The van der Waals surface area contributed by atoms with Crippen LogP contribution < -0.4 is 5.73 Å². The third-order valence-electron chi connectivity index (χ3n) is 5.73. The summed E-state index contributed by atoms with van der Waals surface area (Å²) in [6.45, 7) is -1.98. The standard InChI is InChI=1S/C17H25F3N4O6S3/c18-17(19,20)15-7-14(12-32(27,28)16-8-13(9-21)1-2-22-16)10-24(11-15)33(29,30)23-3-5-31(25,26)6-4-23/h1-2,8,14-15H,3-7,9-12,21H2/t14-,15+/m0/s1. The lowest BCUT2D eigenvalue weighted by atomic mass is 9.91. The van der Waals surface area contributed by atoms with Crippen molar-refractivity contribution in [2.45, 2.75) is 24.2 Å². The molecule has 2 atom stereocenters. The van der Waals surface area contributed by atoms with Gasteiger partial charge in [0.25, 0.3) is 10.2 Å². The quantitative estimate of drug-likeness (QED) is 0.527. The number of alkyl halides is 3. The predicted molar refractivity (Wildman–Crippen MR) is 113 cm³/mol. The van der Waals surface area contributed by atoms with E-state index in [-0.39, 0.29) is 24.7 Å². The number of hydrogen-bond donors (Lipinski definition) is 1. The van der Waals surface area contributed by atoms with E-state index in [4.69, 9.17) is 5.73 Å². The van der Waals surface area contributed by atoms with Crippen molar-refractivity contribution in [1.29, 1.82) is 0 Å². The van der Waals surface area contributed by atoms with Crippen LogP contribution >= 0.6 is 0 Å². The minimum atomic E-state index is -4.74. The van der Waals surface area contributed by atoms with E-state index in [2.05, 4.69) is 4.98 Å². The highest BCUT2D eigenvalue weighted by Gasteiger charge is 2.49. The molecule has 0 amide bonds. The van der Waals surface area contributed by atoms with Gasteiger partial charge in [-0.05, 0) is 30.0 Å². The largest absolute Gasteiger partial charge is 0.393 e. The highest BCUT2D eigenvalue weighted by Crippen LogP contribution is 2.37. The molecule has 3 heterocycles. The van der Waals surface area contributed by atoms with Crippen molar-refractivity contribution in [1.82, 2.24) is 13.6 Å². The van der Waals surface area contributed by atoms with Crippen molar-refractivity contribution >= 4 is 29.9 Å². The highest BCUT2D eigenvalue weighted by atomic mass is 32.2. The molecule has 0 bridgehead atoms. The summed E-state index contributed by atoms with van der Waals surface area (Å²) in [6.07, 6.45) is -4.06. The Labute approximate surface area is 191 Å². The van der Waals surface area contributed by atoms with E-state index >= 15 is 0 Å². The second kappa shape index (κ2) is 9.37. The van der Waals surface area contributed by atoms with Gasteiger partial charge in [0.15, 0.2) is 24.7 Å². The smallest absolute Gasteiger partial charge is 0.326 e. The highest BCUT2D eigenvalue weighted by molar-refractivity contribution is 7.92. The average Bonchev–Trinajstić information content (AvgIpc) is 2.72. The van der Waals surface area contributed by atoms with Gasteiger partial charge in [-0.15, -0.1) is 0 Å². The summed E-state index contributed by atoms with van der Waals surface area (Å²) >= 11 is 0. The molecule has 2 aliphatic rings. The number of sulfone groups is 2. The molecule has 0 radical (unpaired) electrons. The second-order valence-electron chi connectivity index (χ2n) is 8.20. The Kier molecular flexibility index (Phi) is 7.46. The zero-order chi connectivity index (χ0) is 24.7. The number of aromatic nitrogens is 1. The van der Waals surface area contributed by atoms with Crippen LogP contribution in [0.2, 0.25) is 0 Å². The zero-order valence-electron chi connectivity index (χ0n) is 17.5. The summed E-state index contributed by atoms with van der Waals surface area (Å²) < 4.78 is 117. The number of nitrogens with zero attached hydrogens (tertiary/aromatic N) is 3. The Morgan fingerprint density at radius 1 is 1.09 bits per heavy atom. The molecular formula is C17H25F3N4O6S3. The van der Waals surface area contributed by atoms with Crippen LogP contribution in [-0.4, -0.2) is 88.5 Å². The fraction of sp³-hybridized carbons (Fsp3) is 0.706. The molecule has 33 heavy (non-hydrogen) atoms. The molecular weight excluding hydrogens is 509 g/mol. The minimum absolute atomic E-state index is 0.0438. The van der Waals surface area contributed by atoms with Crippen molar-refractivity contribution in [2.75, 3.05) is 43.4 Å². The van der Waals surface area contributed by atoms with Gasteiger partial charge >= 0.3 is 6.18 Å². The molecule has 0 unspecified atom stereocenters. The van der Waals surface area contributed by atoms with Crippen molar-refractivity contribution in [3.05, 3.63) is 23.9 Å². The first-order chi connectivity index (χ1) is 15.1. The van der Waals surface area contributed by atoms with Crippen LogP contribution in [0, 0.1) is 11.8 Å². The molecule has 188 valence electrons. The van der Waals surface area contributed by atoms with Crippen LogP contribution in [0.3, 0.4) is 0 Å². The fourth-order valence-electron chi connectivity index (χ4n) is 3.94. The van der Waals surface area contributed by atoms with Crippen LogP contribution in [0.25, 0.3) is 0 Å². The Bertz CT molecular complexity index is 1170. The number of nitrogens with two attached hydrogens (primary N) is 1.